The number of hydrogen-bond donors (Lipinski definition) is 1. The van der Waals surface area contributed by atoms with Gasteiger partial charge in [-0.3, -0.25) is 0 Å². The lowest BCUT2D eigenvalue weighted by molar-refractivity contribution is 0.256. The van der Waals surface area contributed by atoms with Crippen LogP contribution in [0.3, 0.4) is 0 Å². The molecule has 0 aliphatic carbocycles. The molecule has 3 nitrogen and oxygen atoms in total. The summed E-state index contributed by atoms with van der Waals surface area (Å²) in [5, 5.41) is 5.37. The monoisotopic (exact) mass is 303 g/mol. The van der Waals surface area contributed by atoms with Crippen molar-refractivity contribution in [2.24, 2.45) is 0 Å². The first kappa shape index (κ1) is 14.8. The molecular formula is C17H22ClN3. The number of halogens is 1. The maximum atomic E-state index is 6.34. The van der Waals surface area contributed by atoms with E-state index in [0.29, 0.717) is 11.2 Å². The minimum absolute atomic E-state index is 0.607. The Labute approximate surface area is 131 Å². The Balaban J connectivity index is 1.70. The number of rotatable bonds is 4. The van der Waals surface area contributed by atoms with E-state index in [9.17, 15) is 0 Å². The van der Waals surface area contributed by atoms with Crippen LogP contribution in [0.5, 0.6) is 0 Å². The molecule has 1 atom stereocenters. The van der Waals surface area contributed by atoms with Gasteiger partial charge in [-0.25, -0.2) is 4.98 Å². The molecule has 3 rings (SSSR count). The quantitative estimate of drug-likeness (QED) is 0.877. The molecule has 0 radical (unpaired) electrons. The van der Waals surface area contributed by atoms with Gasteiger partial charge in [-0.2, -0.15) is 0 Å². The summed E-state index contributed by atoms with van der Waals surface area (Å²) >= 11 is 6.34. The largest absolute Gasteiger partial charge is 0.313 e. The molecule has 1 aliphatic heterocycles. The van der Waals surface area contributed by atoms with Crippen molar-refractivity contribution in [3.63, 3.8) is 0 Å². The fourth-order valence-electron chi connectivity index (χ4n) is 3.06. The second-order valence-corrected chi connectivity index (χ2v) is 6.33. The summed E-state index contributed by atoms with van der Waals surface area (Å²) in [4.78, 5) is 6.83. The van der Waals surface area contributed by atoms with Gasteiger partial charge in [-0.05, 0) is 38.6 Å². The van der Waals surface area contributed by atoms with Gasteiger partial charge in [0, 0.05) is 30.1 Å². The number of hydrogen-bond acceptors (Lipinski definition) is 3. The third kappa shape index (κ3) is 3.73. The fraction of sp³-hybridized carbons (Fsp3) is 0.471. The van der Waals surface area contributed by atoms with Crippen molar-refractivity contribution >= 4 is 22.5 Å². The SMILES string of the molecule is CN(Cc1cc2ccccc2nc1Cl)CC1CCCCN1. The Morgan fingerprint density at radius 2 is 2.19 bits per heavy atom. The fourth-order valence-corrected chi connectivity index (χ4v) is 3.26. The minimum atomic E-state index is 0.607. The smallest absolute Gasteiger partial charge is 0.134 e. The van der Waals surface area contributed by atoms with Crippen LogP contribution < -0.4 is 5.32 Å². The second kappa shape index (κ2) is 6.73. The molecule has 112 valence electrons. The predicted octanol–water partition coefficient (Wildman–Crippen LogP) is 3.46. The predicted molar refractivity (Wildman–Crippen MR) is 88.7 cm³/mol. The topological polar surface area (TPSA) is 28.2 Å². The van der Waals surface area contributed by atoms with Crippen molar-refractivity contribution in [3.8, 4) is 0 Å². The van der Waals surface area contributed by atoms with Crippen LogP contribution in [0, 0.1) is 0 Å². The summed E-state index contributed by atoms with van der Waals surface area (Å²) in [6, 6.07) is 10.9. The van der Waals surface area contributed by atoms with E-state index in [-0.39, 0.29) is 0 Å². The molecule has 1 aromatic carbocycles. The molecule has 2 heterocycles. The van der Waals surface area contributed by atoms with Gasteiger partial charge in [0.05, 0.1) is 5.52 Å². The van der Waals surface area contributed by atoms with Crippen molar-refractivity contribution in [3.05, 3.63) is 41.0 Å². The zero-order chi connectivity index (χ0) is 14.7. The molecule has 1 fully saturated rings. The molecule has 0 bridgehead atoms. The van der Waals surface area contributed by atoms with E-state index in [2.05, 4.69) is 34.4 Å². The van der Waals surface area contributed by atoms with Gasteiger partial charge in [0.2, 0.25) is 0 Å². The van der Waals surface area contributed by atoms with E-state index in [1.165, 1.54) is 19.3 Å². The first-order valence-electron chi connectivity index (χ1n) is 7.68. The maximum absolute atomic E-state index is 6.34. The van der Waals surface area contributed by atoms with Crippen molar-refractivity contribution in [2.75, 3.05) is 20.1 Å². The Morgan fingerprint density at radius 1 is 1.33 bits per heavy atom. The lowest BCUT2D eigenvalue weighted by Gasteiger charge is -2.28. The third-order valence-corrected chi connectivity index (χ3v) is 4.46. The standard InChI is InChI=1S/C17H22ClN3/c1-21(12-15-7-4-5-9-19-15)11-14-10-13-6-2-3-8-16(13)20-17(14)18/h2-3,6,8,10,15,19H,4-5,7,9,11-12H2,1H3. The maximum Gasteiger partial charge on any atom is 0.134 e. The highest BCUT2D eigenvalue weighted by atomic mass is 35.5. The molecular weight excluding hydrogens is 282 g/mol. The van der Waals surface area contributed by atoms with Crippen molar-refractivity contribution < 1.29 is 0 Å². The Hall–Kier alpha value is -1.16. The first-order chi connectivity index (χ1) is 10.2. The first-order valence-corrected chi connectivity index (χ1v) is 8.06. The van der Waals surface area contributed by atoms with Gasteiger partial charge in [0.25, 0.3) is 0 Å². The van der Waals surface area contributed by atoms with Gasteiger partial charge in [-0.1, -0.05) is 36.2 Å². The number of nitrogens with zero attached hydrogens (tertiary/aromatic N) is 2. The van der Waals surface area contributed by atoms with Crippen LogP contribution in [-0.4, -0.2) is 36.1 Å². The summed E-state index contributed by atoms with van der Waals surface area (Å²) in [6.45, 7) is 3.05. The zero-order valence-electron chi connectivity index (χ0n) is 12.5. The number of pyridine rings is 1. The van der Waals surface area contributed by atoms with Crippen LogP contribution in [0.25, 0.3) is 10.9 Å². The molecule has 4 heteroatoms. The lowest BCUT2D eigenvalue weighted by atomic mass is 10.0. The molecule has 1 aliphatic rings. The minimum Gasteiger partial charge on any atom is -0.313 e. The Kier molecular flexibility index (Phi) is 4.73. The molecule has 1 aromatic heterocycles. The third-order valence-electron chi connectivity index (χ3n) is 4.13. The summed E-state index contributed by atoms with van der Waals surface area (Å²) in [6.07, 6.45) is 3.92. The Morgan fingerprint density at radius 3 is 3.00 bits per heavy atom. The van der Waals surface area contributed by atoms with Gasteiger partial charge in [-0.15, -0.1) is 0 Å². The highest BCUT2D eigenvalue weighted by Gasteiger charge is 2.15. The molecule has 21 heavy (non-hydrogen) atoms. The van der Waals surface area contributed by atoms with Crippen LogP contribution in [0.2, 0.25) is 5.15 Å². The summed E-state index contributed by atoms with van der Waals surface area (Å²) < 4.78 is 0. The van der Waals surface area contributed by atoms with E-state index in [1.54, 1.807) is 0 Å². The molecule has 2 aromatic rings. The normalized spacial score (nSPS) is 19.3. The molecule has 1 N–H and O–H groups in total. The number of likely N-dealkylation sites (N-methyl/N-ethyl adjacent to an activating group) is 1. The van der Waals surface area contributed by atoms with Gasteiger partial charge < -0.3 is 10.2 Å². The highest BCUT2D eigenvalue weighted by Crippen LogP contribution is 2.21. The van der Waals surface area contributed by atoms with Gasteiger partial charge in [0.1, 0.15) is 5.15 Å². The number of aromatic nitrogens is 1. The number of piperidine rings is 1. The van der Waals surface area contributed by atoms with Gasteiger partial charge in [0.15, 0.2) is 0 Å². The molecule has 1 saturated heterocycles. The van der Waals surface area contributed by atoms with Crippen LogP contribution in [0.4, 0.5) is 0 Å². The molecule has 1 unspecified atom stereocenters. The summed E-state index contributed by atoms with van der Waals surface area (Å²) in [7, 11) is 2.15. The summed E-state index contributed by atoms with van der Waals surface area (Å²) in [5.41, 5.74) is 2.07. The summed E-state index contributed by atoms with van der Waals surface area (Å²) in [5.74, 6) is 0. The second-order valence-electron chi connectivity index (χ2n) is 5.97. The van der Waals surface area contributed by atoms with Crippen LogP contribution in [0.1, 0.15) is 24.8 Å². The van der Waals surface area contributed by atoms with E-state index in [1.807, 2.05) is 18.2 Å². The Bertz CT molecular complexity index is 608. The molecule has 0 amide bonds. The molecule has 0 spiro atoms. The van der Waals surface area contributed by atoms with Crippen molar-refractivity contribution in [2.45, 2.75) is 31.8 Å². The zero-order valence-corrected chi connectivity index (χ0v) is 13.2. The van der Waals surface area contributed by atoms with Crippen molar-refractivity contribution in [1.29, 1.82) is 0 Å². The number of benzene rings is 1. The molecule has 0 saturated carbocycles. The number of para-hydroxylation sites is 1. The van der Waals surface area contributed by atoms with Crippen molar-refractivity contribution in [1.82, 2.24) is 15.2 Å². The van der Waals surface area contributed by atoms with E-state index in [4.69, 9.17) is 11.6 Å². The highest BCUT2D eigenvalue weighted by molar-refractivity contribution is 6.30. The number of nitrogens with one attached hydrogen (secondary N) is 1. The average molecular weight is 304 g/mol. The lowest BCUT2D eigenvalue weighted by Crippen LogP contribution is -2.42. The van der Waals surface area contributed by atoms with Crippen LogP contribution in [0.15, 0.2) is 30.3 Å². The van der Waals surface area contributed by atoms with Gasteiger partial charge >= 0.3 is 0 Å². The number of fused-ring (bicyclic) bond motifs is 1. The van der Waals surface area contributed by atoms with E-state index in [0.717, 1.165) is 36.1 Å². The van der Waals surface area contributed by atoms with E-state index >= 15 is 0 Å². The van der Waals surface area contributed by atoms with Crippen LogP contribution >= 0.6 is 11.6 Å². The average Bonchev–Trinajstić information content (AvgIpc) is 2.49. The van der Waals surface area contributed by atoms with Crippen LogP contribution in [-0.2, 0) is 6.54 Å². The van der Waals surface area contributed by atoms with E-state index < -0.39 is 0 Å².